The molecule has 0 radical (unpaired) electrons. The van der Waals surface area contributed by atoms with Crippen LogP contribution in [0.2, 0.25) is 5.02 Å². The number of H-pyrrole nitrogens is 1. The van der Waals surface area contributed by atoms with Crippen LogP contribution in [0.1, 0.15) is 65.1 Å². The quantitative estimate of drug-likeness (QED) is 0.157. The van der Waals surface area contributed by atoms with Gasteiger partial charge in [0.15, 0.2) is 0 Å². The summed E-state index contributed by atoms with van der Waals surface area (Å²) in [5.74, 6) is -1.11. The summed E-state index contributed by atoms with van der Waals surface area (Å²) in [6.07, 6.45) is 3.50. The number of fused-ring (bicyclic) bond motifs is 1. The van der Waals surface area contributed by atoms with Crippen LogP contribution in [0.15, 0.2) is 91.1 Å². The van der Waals surface area contributed by atoms with Gasteiger partial charge in [-0.15, -0.1) is 0 Å². The van der Waals surface area contributed by atoms with Crippen LogP contribution in [0.25, 0.3) is 22.3 Å². The van der Waals surface area contributed by atoms with E-state index in [2.05, 4.69) is 52.8 Å². The number of carboxylic acid groups (broad SMARTS) is 1. The Hall–Kier alpha value is -4.49. The molecule has 3 N–H and O–H groups in total. The van der Waals surface area contributed by atoms with E-state index in [1.54, 1.807) is 6.20 Å². The Morgan fingerprint density at radius 1 is 0.951 bits per heavy atom. The maximum Gasteiger partial charge on any atom is 0.305 e. The molecule has 8 heteroatoms. The Labute approximate surface area is 243 Å². The summed E-state index contributed by atoms with van der Waals surface area (Å²) in [7, 11) is 0. The fourth-order valence-corrected chi connectivity index (χ4v) is 5.53. The molecule has 2 heterocycles. The first-order valence-corrected chi connectivity index (χ1v) is 14.1. The molecule has 5 aromatic rings. The lowest BCUT2D eigenvalue weighted by Crippen LogP contribution is -2.26. The van der Waals surface area contributed by atoms with Crippen molar-refractivity contribution in [2.75, 3.05) is 6.54 Å². The van der Waals surface area contributed by atoms with Crippen molar-refractivity contribution < 1.29 is 14.7 Å². The molecule has 3 aromatic carbocycles. The molecule has 0 saturated carbocycles. The largest absolute Gasteiger partial charge is 0.481 e. The Morgan fingerprint density at radius 2 is 1.71 bits per heavy atom. The minimum atomic E-state index is -0.947. The van der Waals surface area contributed by atoms with Gasteiger partial charge in [0.05, 0.1) is 23.3 Å². The molecule has 0 aliphatic carbocycles. The van der Waals surface area contributed by atoms with Crippen molar-refractivity contribution in [3.63, 3.8) is 0 Å². The van der Waals surface area contributed by atoms with E-state index in [9.17, 15) is 9.59 Å². The Morgan fingerprint density at radius 3 is 2.39 bits per heavy atom. The van der Waals surface area contributed by atoms with Gasteiger partial charge in [-0.3, -0.25) is 14.7 Å². The van der Waals surface area contributed by atoms with Gasteiger partial charge in [-0.1, -0.05) is 67.4 Å². The summed E-state index contributed by atoms with van der Waals surface area (Å²) in [5.41, 5.74) is 6.53. The van der Waals surface area contributed by atoms with Crippen molar-refractivity contribution in [1.82, 2.24) is 20.5 Å². The average Bonchev–Trinajstić information content (AvgIpc) is 3.53. The van der Waals surface area contributed by atoms with Crippen LogP contribution in [0.3, 0.4) is 0 Å². The molecule has 0 saturated heterocycles. The maximum atomic E-state index is 12.6. The number of amides is 1. The molecular formula is C33H31ClN4O3. The molecule has 7 nitrogen and oxygen atoms in total. The monoisotopic (exact) mass is 566 g/mol. The van der Waals surface area contributed by atoms with Gasteiger partial charge < -0.3 is 10.4 Å². The van der Waals surface area contributed by atoms with Crippen LogP contribution in [0.5, 0.6) is 0 Å². The molecule has 2 aromatic heterocycles. The second-order valence-electron chi connectivity index (χ2n) is 10.0. The highest BCUT2D eigenvalue weighted by Gasteiger charge is 2.28. The summed E-state index contributed by atoms with van der Waals surface area (Å²) >= 11 is 6.29. The zero-order valence-electron chi connectivity index (χ0n) is 22.7. The Balaban J connectivity index is 1.56. The summed E-state index contributed by atoms with van der Waals surface area (Å²) < 4.78 is 0. The number of nitrogens with zero attached hydrogens (tertiary/aromatic N) is 2. The third kappa shape index (κ3) is 6.47. The van der Waals surface area contributed by atoms with Crippen molar-refractivity contribution >= 4 is 34.4 Å². The van der Waals surface area contributed by atoms with Gasteiger partial charge in [0.1, 0.15) is 0 Å². The summed E-state index contributed by atoms with van der Waals surface area (Å²) in [5, 5.41) is 20.3. The molecule has 0 fully saturated rings. The topological polar surface area (TPSA) is 108 Å². The smallest absolute Gasteiger partial charge is 0.305 e. The van der Waals surface area contributed by atoms with E-state index in [0.717, 1.165) is 46.3 Å². The summed E-state index contributed by atoms with van der Waals surface area (Å²) in [4.78, 5) is 28.3. The molecule has 0 aliphatic rings. The standard InChI is InChI=1S/C33H31ClN4O3/c1-2-4-25(21-7-9-23(10-8-21)33(41)35-19-18-31(39)40)32(22-11-13-24(34)14-12-22)27-5-3-6-28-26(27)15-16-29(37-28)30-17-20-36-38-30/h3,5-17,20,25,32H,2,4,18-19H2,1H3,(H,35,41)(H,36,38)(H,39,40)/t25-,32?/m1/s1. The van der Waals surface area contributed by atoms with Gasteiger partial charge in [-0.2, -0.15) is 5.10 Å². The second-order valence-corrected chi connectivity index (χ2v) is 10.5. The molecule has 41 heavy (non-hydrogen) atoms. The van der Waals surface area contributed by atoms with Gasteiger partial charge in [0.25, 0.3) is 5.91 Å². The fraction of sp³-hybridized carbons (Fsp3) is 0.212. The molecule has 0 aliphatic heterocycles. The van der Waals surface area contributed by atoms with Gasteiger partial charge in [-0.25, -0.2) is 4.98 Å². The van der Waals surface area contributed by atoms with E-state index in [1.807, 2.05) is 54.6 Å². The Bertz CT molecular complexity index is 1630. The zero-order valence-corrected chi connectivity index (χ0v) is 23.4. The normalized spacial score (nSPS) is 12.6. The van der Waals surface area contributed by atoms with Crippen molar-refractivity contribution in [2.45, 2.75) is 38.0 Å². The maximum absolute atomic E-state index is 12.6. The van der Waals surface area contributed by atoms with Crippen molar-refractivity contribution in [2.24, 2.45) is 0 Å². The van der Waals surface area contributed by atoms with Gasteiger partial charge in [0.2, 0.25) is 0 Å². The Kier molecular flexibility index (Phi) is 8.75. The number of hydrogen-bond donors (Lipinski definition) is 3. The molecule has 0 spiro atoms. The second kappa shape index (κ2) is 12.8. The van der Waals surface area contributed by atoms with Crippen LogP contribution in [-0.2, 0) is 4.79 Å². The average molecular weight is 567 g/mol. The third-order valence-electron chi connectivity index (χ3n) is 7.33. The zero-order chi connectivity index (χ0) is 28.8. The number of rotatable bonds is 11. The number of nitrogens with one attached hydrogen (secondary N) is 2. The number of aromatic nitrogens is 3. The van der Waals surface area contributed by atoms with Gasteiger partial charge in [0, 0.05) is 34.6 Å². The number of hydrogen-bond acceptors (Lipinski definition) is 4. The van der Waals surface area contributed by atoms with E-state index in [4.69, 9.17) is 21.7 Å². The SMILES string of the molecule is CCC[C@H](c1ccc(C(=O)NCCC(=O)O)cc1)C(c1ccc(Cl)cc1)c1cccc2nc(-c3ccn[nH]3)ccc12. The van der Waals surface area contributed by atoms with Crippen LogP contribution in [0, 0.1) is 0 Å². The predicted octanol–water partition coefficient (Wildman–Crippen LogP) is 7.20. The summed E-state index contributed by atoms with van der Waals surface area (Å²) in [6.45, 7) is 2.27. The van der Waals surface area contributed by atoms with Gasteiger partial charge in [-0.05, 0) is 71.5 Å². The fourth-order valence-electron chi connectivity index (χ4n) is 5.40. The lowest BCUT2D eigenvalue weighted by atomic mass is 9.74. The highest BCUT2D eigenvalue weighted by atomic mass is 35.5. The highest BCUT2D eigenvalue weighted by Crippen LogP contribution is 2.44. The molecule has 5 rings (SSSR count). The molecule has 208 valence electrons. The number of carboxylic acids is 1. The first-order valence-electron chi connectivity index (χ1n) is 13.7. The van der Waals surface area contributed by atoms with E-state index in [-0.39, 0.29) is 30.7 Å². The minimum absolute atomic E-state index is 0.00552. The molecule has 0 bridgehead atoms. The van der Waals surface area contributed by atoms with Crippen LogP contribution >= 0.6 is 11.6 Å². The van der Waals surface area contributed by atoms with Crippen LogP contribution < -0.4 is 5.32 Å². The van der Waals surface area contributed by atoms with Crippen molar-refractivity contribution in [3.05, 3.63) is 118 Å². The van der Waals surface area contributed by atoms with Gasteiger partial charge >= 0.3 is 5.97 Å². The summed E-state index contributed by atoms with van der Waals surface area (Å²) in [6, 6.07) is 28.0. The van der Waals surface area contributed by atoms with Crippen LogP contribution in [-0.4, -0.2) is 38.7 Å². The third-order valence-corrected chi connectivity index (χ3v) is 7.59. The van der Waals surface area contributed by atoms with E-state index >= 15 is 0 Å². The lowest BCUT2D eigenvalue weighted by Gasteiger charge is -2.30. The van der Waals surface area contributed by atoms with Crippen molar-refractivity contribution in [3.8, 4) is 11.4 Å². The van der Waals surface area contributed by atoms with E-state index in [1.165, 1.54) is 5.56 Å². The molecule has 1 amide bonds. The number of benzene rings is 3. The number of aromatic amines is 1. The number of carbonyl (C=O) groups is 2. The number of aliphatic carboxylic acids is 1. The molecule has 1 unspecified atom stereocenters. The number of pyridine rings is 1. The number of halogens is 1. The number of carbonyl (C=O) groups excluding carboxylic acids is 1. The lowest BCUT2D eigenvalue weighted by molar-refractivity contribution is -0.136. The van der Waals surface area contributed by atoms with Crippen LogP contribution in [0.4, 0.5) is 0 Å². The first kappa shape index (κ1) is 28.1. The predicted molar refractivity (Wildman–Crippen MR) is 161 cm³/mol. The molecule has 2 atom stereocenters. The first-order chi connectivity index (χ1) is 19.9. The highest BCUT2D eigenvalue weighted by molar-refractivity contribution is 6.30. The molecular weight excluding hydrogens is 536 g/mol. The van der Waals surface area contributed by atoms with E-state index in [0.29, 0.717) is 10.6 Å². The minimum Gasteiger partial charge on any atom is -0.481 e. The van der Waals surface area contributed by atoms with Crippen molar-refractivity contribution in [1.29, 1.82) is 0 Å². The van der Waals surface area contributed by atoms with E-state index < -0.39 is 5.97 Å².